The number of piperidine rings is 1. The summed E-state index contributed by atoms with van der Waals surface area (Å²) in [6, 6.07) is 11.9. The second-order valence-corrected chi connectivity index (χ2v) is 8.79. The van der Waals surface area contributed by atoms with Crippen molar-refractivity contribution in [3.63, 3.8) is 0 Å². The molecule has 0 spiro atoms. The van der Waals surface area contributed by atoms with Crippen molar-refractivity contribution in [2.75, 3.05) is 24.7 Å². The van der Waals surface area contributed by atoms with Gasteiger partial charge in [0.25, 0.3) is 5.91 Å². The van der Waals surface area contributed by atoms with Crippen LogP contribution < -0.4 is 15.2 Å². The number of halogens is 2. The highest BCUT2D eigenvalue weighted by atomic mass is 35.5. The van der Waals surface area contributed by atoms with Crippen LogP contribution in [0.4, 0.5) is 5.69 Å². The molecule has 1 amide bonds. The number of hydrazine groups is 1. The minimum Gasteiger partial charge on any atom is -0.482 e. The molecule has 2 heterocycles. The van der Waals surface area contributed by atoms with Crippen LogP contribution in [0.5, 0.6) is 5.75 Å². The first-order chi connectivity index (χ1) is 15.9. The highest BCUT2D eigenvalue weighted by Gasteiger charge is 2.34. The van der Waals surface area contributed by atoms with Gasteiger partial charge in [-0.05, 0) is 54.8 Å². The van der Waals surface area contributed by atoms with Gasteiger partial charge in [0.2, 0.25) is 0 Å². The van der Waals surface area contributed by atoms with Crippen LogP contribution in [0.3, 0.4) is 0 Å². The molecule has 4 rings (SSSR count). The number of benzene rings is 2. The number of hydrogen-bond donors (Lipinski definition) is 2. The van der Waals surface area contributed by atoms with Gasteiger partial charge in [-0.15, -0.1) is 0 Å². The predicted molar refractivity (Wildman–Crippen MR) is 127 cm³/mol. The van der Waals surface area contributed by atoms with Crippen molar-refractivity contribution in [1.82, 2.24) is 10.4 Å². The Kier molecular flexibility index (Phi) is 7.37. The van der Waals surface area contributed by atoms with Crippen LogP contribution in [-0.2, 0) is 9.59 Å². The molecule has 0 bridgehead atoms. The molecule has 2 aliphatic rings. The van der Waals surface area contributed by atoms with Gasteiger partial charge in [0, 0.05) is 29.6 Å². The number of hydrogen-bond acceptors (Lipinski definition) is 6. The maximum atomic E-state index is 13.0. The molecule has 1 fully saturated rings. The average Bonchev–Trinajstić information content (AvgIpc) is 3.24. The number of anilines is 1. The molecule has 8 nitrogen and oxygen atoms in total. The Morgan fingerprint density at radius 3 is 2.48 bits per heavy atom. The van der Waals surface area contributed by atoms with Crippen molar-refractivity contribution in [2.24, 2.45) is 5.10 Å². The Bertz CT molecular complexity index is 1050. The molecule has 33 heavy (non-hydrogen) atoms. The number of amides is 1. The zero-order valence-corrected chi connectivity index (χ0v) is 19.3. The zero-order chi connectivity index (χ0) is 23.4. The van der Waals surface area contributed by atoms with E-state index in [1.54, 1.807) is 35.3 Å². The van der Waals surface area contributed by atoms with Gasteiger partial charge in [0.05, 0.1) is 11.7 Å². The van der Waals surface area contributed by atoms with Crippen LogP contribution >= 0.6 is 23.2 Å². The topological polar surface area (TPSA) is 94.5 Å². The fourth-order valence-corrected chi connectivity index (χ4v) is 4.37. The molecule has 2 N–H and O–H groups in total. The van der Waals surface area contributed by atoms with Gasteiger partial charge in [-0.1, -0.05) is 35.7 Å². The third kappa shape index (κ3) is 5.76. The fourth-order valence-electron chi connectivity index (χ4n) is 3.95. The van der Waals surface area contributed by atoms with Crippen molar-refractivity contribution in [3.8, 4) is 5.75 Å². The quantitative estimate of drug-likeness (QED) is 0.601. The van der Waals surface area contributed by atoms with Crippen molar-refractivity contribution >= 4 is 46.5 Å². The molecule has 2 aromatic carbocycles. The Morgan fingerprint density at radius 1 is 1.09 bits per heavy atom. The number of nitrogens with zero attached hydrogens (tertiary/aromatic N) is 3. The SMILES string of the molecule is O=C(O)COc1ccc(C2CC(C(=O)NN3CCCCC3)=NN2c2ccc(Cl)cc2)c(Cl)c1. The lowest BCUT2D eigenvalue weighted by Crippen LogP contribution is -2.47. The standard InChI is InChI=1S/C23H24Cl2N4O4/c24-15-4-6-16(7-5-15)29-21(18-9-8-17(12-19(18)25)33-14-22(30)31)13-20(26-29)23(32)27-28-10-2-1-3-11-28/h4-9,12,21H,1-3,10-11,13-14H2,(H,27,32)(H,30,31). The average molecular weight is 491 g/mol. The first kappa shape index (κ1) is 23.4. The van der Waals surface area contributed by atoms with E-state index in [9.17, 15) is 9.59 Å². The second kappa shape index (κ2) is 10.4. The summed E-state index contributed by atoms with van der Waals surface area (Å²) < 4.78 is 5.22. The largest absolute Gasteiger partial charge is 0.482 e. The second-order valence-electron chi connectivity index (χ2n) is 7.94. The summed E-state index contributed by atoms with van der Waals surface area (Å²) in [6.45, 7) is 1.19. The number of nitrogens with one attached hydrogen (secondary N) is 1. The molecule has 2 aliphatic heterocycles. The number of carboxylic acids is 1. The minimum absolute atomic E-state index is 0.226. The van der Waals surface area contributed by atoms with E-state index in [-0.39, 0.29) is 11.9 Å². The fraction of sp³-hybridized carbons (Fsp3) is 0.348. The molecule has 1 atom stereocenters. The number of aliphatic carboxylic acids is 1. The van der Waals surface area contributed by atoms with Crippen molar-refractivity contribution in [1.29, 1.82) is 0 Å². The third-order valence-corrected chi connectivity index (χ3v) is 6.15. The Labute approximate surface area is 201 Å². The molecule has 174 valence electrons. The van der Waals surface area contributed by atoms with E-state index in [1.807, 2.05) is 17.1 Å². The van der Waals surface area contributed by atoms with Crippen LogP contribution in [0.25, 0.3) is 0 Å². The van der Waals surface area contributed by atoms with Gasteiger partial charge in [-0.25, -0.2) is 9.80 Å². The van der Waals surface area contributed by atoms with Crippen molar-refractivity contribution < 1.29 is 19.4 Å². The number of ether oxygens (including phenoxy) is 1. The first-order valence-electron chi connectivity index (χ1n) is 10.7. The third-order valence-electron chi connectivity index (χ3n) is 5.57. The zero-order valence-electron chi connectivity index (χ0n) is 17.8. The number of carbonyl (C=O) groups is 2. The van der Waals surface area contributed by atoms with Gasteiger partial charge < -0.3 is 9.84 Å². The van der Waals surface area contributed by atoms with Gasteiger partial charge in [-0.2, -0.15) is 5.10 Å². The van der Waals surface area contributed by atoms with Gasteiger partial charge in [0.1, 0.15) is 11.5 Å². The van der Waals surface area contributed by atoms with Crippen LogP contribution in [0, 0.1) is 0 Å². The summed E-state index contributed by atoms with van der Waals surface area (Å²) in [5.41, 5.74) is 4.90. The van der Waals surface area contributed by atoms with Crippen LogP contribution in [0.15, 0.2) is 47.6 Å². The lowest BCUT2D eigenvalue weighted by atomic mass is 10.0. The molecular weight excluding hydrogens is 467 g/mol. The van der Waals surface area contributed by atoms with E-state index in [1.165, 1.54) is 6.42 Å². The van der Waals surface area contributed by atoms with E-state index in [0.717, 1.165) is 37.2 Å². The molecule has 1 unspecified atom stereocenters. The summed E-state index contributed by atoms with van der Waals surface area (Å²) in [6.07, 6.45) is 3.64. The first-order valence-corrected chi connectivity index (χ1v) is 11.5. The number of carbonyl (C=O) groups excluding carboxylic acids is 1. The number of carboxylic acid groups (broad SMARTS) is 1. The molecule has 10 heteroatoms. The minimum atomic E-state index is -1.07. The highest BCUT2D eigenvalue weighted by molar-refractivity contribution is 6.39. The Balaban J connectivity index is 1.58. The van der Waals surface area contributed by atoms with Crippen LogP contribution in [0.1, 0.15) is 37.3 Å². The number of hydrazone groups is 1. The molecular formula is C23H24Cl2N4O4. The van der Waals surface area contributed by atoms with Gasteiger partial charge in [-0.3, -0.25) is 15.2 Å². The van der Waals surface area contributed by atoms with Crippen molar-refractivity contribution in [2.45, 2.75) is 31.7 Å². The lowest BCUT2D eigenvalue weighted by Gasteiger charge is -2.26. The summed E-state index contributed by atoms with van der Waals surface area (Å²) >= 11 is 12.6. The van der Waals surface area contributed by atoms with Crippen molar-refractivity contribution in [3.05, 3.63) is 58.1 Å². The van der Waals surface area contributed by atoms with Gasteiger partial charge >= 0.3 is 5.97 Å². The van der Waals surface area contributed by atoms with E-state index < -0.39 is 12.6 Å². The monoisotopic (exact) mass is 490 g/mol. The Hall–Kier alpha value is -2.81. The van der Waals surface area contributed by atoms with E-state index in [2.05, 4.69) is 10.5 Å². The summed E-state index contributed by atoms with van der Waals surface area (Å²) in [5, 5.41) is 18.2. The van der Waals surface area contributed by atoms with E-state index >= 15 is 0 Å². The summed E-state index contributed by atoms with van der Waals surface area (Å²) in [7, 11) is 0. The Morgan fingerprint density at radius 2 is 1.82 bits per heavy atom. The molecule has 2 aromatic rings. The van der Waals surface area contributed by atoms with Gasteiger partial charge in [0.15, 0.2) is 6.61 Å². The summed E-state index contributed by atoms with van der Waals surface area (Å²) in [5.74, 6) is -0.945. The smallest absolute Gasteiger partial charge is 0.341 e. The maximum absolute atomic E-state index is 13.0. The van der Waals surface area contributed by atoms with Crippen LogP contribution in [0.2, 0.25) is 10.0 Å². The van der Waals surface area contributed by atoms with Crippen LogP contribution in [-0.4, -0.2) is 47.4 Å². The summed E-state index contributed by atoms with van der Waals surface area (Å²) in [4.78, 5) is 23.7. The molecule has 1 saturated heterocycles. The van der Waals surface area contributed by atoms with E-state index in [4.69, 9.17) is 33.0 Å². The predicted octanol–water partition coefficient (Wildman–Crippen LogP) is 4.28. The maximum Gasteiger partial charge on any atom is 0.341 e. The number of rotatable bonds is 7. The molecule has 0 aromatic heterocycles. The normalized spacial score (nSPS) is 18.7. The molecule has 0 aliphatic carbocycles. The highest BCUT2D eigenvalue weighted by Crippen LogP contribution is 2.39. The molecule has 0 radical (unpaired) electrons. The molecule has 0 saturated carbocycles. The lowest BCUT2D eigenvalue weighted by molar-refractivity contribution is -0.139. The van der Waals surface area contributed by atoms with E-state index in [0.29, 0.717) is 27.9 Å².